The largest absolute Gasteiger partial charge is 0.483 e. The van der Waals surface area contributed by atoms with Gasteiger partial charge in [0.25, 0.3) is 17.1 Å². The molecule has 0 atom stereocenters. The summed E-state index contributed by atoms with van der Waals surface area (Å²) in [5, 5.41) is 1.83. The van der Waals surface area contributed by atoms with Crippen LogP contribution >= 0.6 is 11.8 Å². The minimum Gasteiger partial charge on any atom is -0.483 e. The number of benzene rings is 1. The van der Waals surface area contributed by atoms with Crippen LogP contribution in [0.15, 0.2) is 29.2 Å². The zero-order valence-electron chi connectivity index (χ0n) is 13.1. The van der Waals surface area contributed by atoms with Gasteiger partial charge in [-0.15, -0.1) is 0 Å². The molecule has 3 amide bonds. The van der Waals surface area contributed by atoms with Crippen LogP contribution in [0.5, 0.6) is 5.75 Å². The van der Waals surface area contributed by atoms with Gasteiger partial charge in [-0.1, -0.05) is 18.2 Å². The smallest absolute Gasteiger partial charge is 0.290 e. The maximum absolute atomic E-state index is 12.2. The van der Waals surface area contributed by atoms with Gasteiger partial charge in [-0.25, -0.2) is 0 Å². The highest BCUT2D eigenvalue weighted by Gasteiger charge is 2.25. The van der Waals surface area contributed by atoms with Crippen molar-refractivity contribution in [2.75, 3.05) is 19.7 Å². The van der Waals surface area contributed by atoms with Crippen molar-refractivity contribution in [2.24, 2.45) is 0 Å². The third-order valence-electron chi connectivity index (χ3n) is 3.91. The standard InChI is InChI=1S/C17H18N2O4S/c20-15(19-8-4-1-5-9-19)11-23-13-7-3-2-6-12(13)10-14-16(21)18-17(22)24-14/h2-3,6-7,10H,1,4-5,8-9,11H2,(H,18,21,22)/b14-10-. The Kier molecular flexibility index (Phi) is 5.20. The Morgan fingerprint density at radius 2 is 1.96 bits per heavy atom. The number of hydrogen-bond acceptors (Lipinski definition) is 5. The molecule has 0 spiro atoms. The van der Waals surface area contributed by atoms with E-state index in [0.717, 1.165) is 37.7 Å². The van der Waals surface area contributed by atoms with E-state index in [1.165, 1.54) is 6.42 Å². The van der Waals surface area contributed by atoms with E-state index in [1.807, 2.05) is 11.0 Å². The highest BCUT2D eigenvalue weighted by molar-refractivity contribution is 8.18. The minimum atomic E-state index is -0.413. The van der Waals surface area contributed by atoms with Crippen LogP contribution in [-0.4, -0.2) is 41.6 Å². The summed E-state index contributed by atoms with van der Waals surface area (Å²) < 4.78 is 5.66. The molecule has 126 valence electrons. The number of likely N-dealkylation sites (tertiary alicyclic amines) is 1. The zero-order chi connectivity index (χ0) is 16.9. The molecule has 3 rings (SSSR count). The second-order valence-corrected chi connectivity index (χ2v) is 6.63. The lowest BCUT2D eigenvalue weighted by Crippen LogP contribution is -2.38. The molecular weight excluding hydrogens is 328 g/mol. The van der Waals surface area contributed by atoms with Crippen LogP contribution in [0.25, 0.3) is 6.08 Å². The summed E-state index contributed by atoms with van der Waals surface area (Å²) in [5.74, 6) is 0.0765. The SMILES string of the molecule is O=C1NC(=O)/C(=C/c2ccccc2OCC(=O)N2CCCCC2)S1. The van der Waals surface area contributed by atoms with Crippen LogP contribution in [0.4, 0.5) is 4.79 Å². The fourth-order valence-corrected chi connectivity index (χ4v) is 3.34. The number of nitrogens with zero attached hydrogens (tertiary/aromatic N) is 1. The molecule has 1 N–H and O–H groups in total. The van der Waals surface area contributed by atoms with E-state index in [0.29, 0.717) is 16.2 Å². The van der Waals surface area contributed by atoms with E-state index < -0.39 is 5.91 Å². The predicted molar refractivity (Wildman–Crippen MR) is 91.5 cm³/mol. The van der Waals surface area contributed by atoms with Crippen molar-refractivity contribution >= 4 is 34.9 Å². The number of amides is 3. The first kappa shape index (κ1) is 16.6. The number of thioether (sulfide) groups is 1. The van der Waals surface area contributed by atoms with Crippen LogP contribution in [0, 0.1) is 0 Å². The topological polar surface area (TPSA) is 75.7 Å². The quantitative estimate of drug-likeness (QED) is 0.847. The fraction of sp³-hybridized carbons (Fsp3) is 0.353. The summed E-state index contributed by atoms with van der Waals surface area (Å²) in [7, 11) is 0. The van der Waals surface area contributed by atoms with Gasteiger partial charge >= 0.3 is 0 Å². The summed E-state index contributed by atoms with van der Waals surface area (Å²) in [6.45, 7) is 1.54. The molecule has 0 bridgehead atoms. The van der Waals surface area contributed by atoms with Gasteiger partial charge < -0.3 is 9.64 Å². The first-order chi connectivity index (χ1) is 11.6. The fourth-order valence-electron chi connectivity index (χ4n) is 2.67. The van der Waals surface area contributed by atoms with Gasteiger partial charge in [0.05, 0.1) is 4.91 Å². The molecule has 2 heterocycles. The molecule has 2 saturated heterocycles. The number of piperidine rings is 1. The van der Waals surface area contributed by atoms with Gasteiger partial charge in [0.2, 0.25) is 0 Å². The van der Waals surface area contributed by atoms with Crippen LogP contribution in [0.2, 0.25) is 0 Å². The molecule has 2 fully saturated rings. The molecule has 0 radical (unpaired) electrons. The second kappa shape index (κ2) is 7.53. The maximum Gasteiger partial charge on any atom is 0.290 e. The van der Waals surface area contributed by atoms with E-state index in [-0.39, 0.29) is 17.8 Å². The number of hydrogen-bond donors (Lipinski definition) is 1. The number of carbonyl (C=O) groups is 3. The first-order valence-corrected chi connectivity index (χ1v) is 8.69. The molecule has 6 nitrogen and oxygen atoms in total. The van der Waals surface area contributed by atoms with E-state index >= 15 is 0 Å². The molecule has 0 aromatic heterocycles. The number of nitrogens with one attached hydrogen (secondary N) is 1. The van der Waals surface area contributed by atoms with Crippen molar-refractivity contribution < 1.29 is 19.1 Å². The van der Waals surface area contributed by atoms with Crippen LogP contribution in [0.3, 0.4) is 0 Å². The van der Waals surface area contributed by atoms with Gasteiger partial charge in [-0.05, 0) is 43.2 Å². The summed E-state index contributed by atoms with van der Waals surface area (Å²) in [5.41, 5.74) is 0.663. The molecule has 0 saturated carbocycles. The highest BCUT2D eigenvalue weighted by atomic mass is 32.2. The van der Waals surface area contributed by atoms with Crippen molar-refractivity contribution in [1.29, 1.82) is 0 Å². The second-order valence-electron chi connectivity index (χ2n) is 5.62. The van der Waals surface area contributed by atoms with Crippen molar-refractivity contribution in [2.45, 2.75) is 19.3 Å². The van der Waals surface area contributed by atoms with E-state index in [9.17, 15) is 14.4 Å². The first-order valence-electron chi connectivity index (χ1n) is 7.88. The van der Waals surface area contributed by atoms with Crippen molar-refractivity contribution in [3.05, 3.63) is 34.7 Å². The Morgan fingerprint density at radius 3 is 2.67 bits per heavy atom. The molecule has 2 aliphatic heterocycles. The number of imide groups is 1. The molecule has 7 heteroatoms. The number of para-hydroxylation sites is 1. The number of carbonyl (C=O) groups excluding carboxylic acids is 3. The molecule has 0 unspecified atom stereocenters. The average Bonchev–Trinajstić information content (AvgIpc) is 2.92. The van der Waals surface area contributed by atoms with E-state index in [1.54, 1.807) is 24.3 Å². The Bertz CT molecular complexity index is 696. The van der Waals surface area contributed by atoms with Crippen molar-refractivity contribution in [3.63, 3.8) is 0 Å². The van der Waals surface area contributed by atoms with Crippen LogP contribution in [0.1, 0.15) is 24.8 Å². The Morgan fingerprint density at radius 1 is 1.21 bits per heavy atom. The van der Waals surface area contributed by atoms with Gasteiger partial charge in [0.1, 0.15) is 5.75 Å². The number of rotatable bonds is 4. The number of ether oxygens (including phenoxy) is 1. The summed E-state index contributed by atoms with van der Waals surface area (Å²) in [6, 6.07) is 7.14. The normalized spacial score (nSPS) is 19.5. The average molecular weight is 346 g/mol. The summed E-state index contributed by atoms with van der Waals surface area (Å²) in [6.07, 6.45) is 4.84. The molecular formula is C17H18N2O4S. The Balaban J connectivity index is 1.68. The van der Waals surface area contributed by atoms with Crippen LogP contribution < -0.4 is 10.1 Å². The lowest BCUT2D eigenvalue weighted by molar-refractivity contribution is -0.134. The van der Waals surface area contributed by atoms with Gasteiger partial charge in [-0.3, -0.25) is 19.7 Å². The third-order valence-corrected chi connectivity index (χ3v) is 4.72. The molecule has 1 aromatic carbocycles. The van der Waals surface area contributed by atoms with Gasteiger partial charge in [-0.2, -0.15) is 0 Å². The van der Waals surface area contributed by atoms with Gasteiger partial charge in [0.15, 0.2) is 6.61 Å². The molecule has 2 aliphatic rings. The summed E-state index contributed by atoms with van der Waals surface area (Å²) >= 11 is 0.855. The van der Waals surface area contributed by atoms with E-state index in [4.69, 9.17) is 4.74 Å². The molecule has 1 aromatic rings. The lowest BCUT2D eigenvalue weighted by atomic mass is 10.1. The van der Waals surface area contributed by atoms with Crippen LogP contribution in [-0.2, 0) is 9.59 Å². The third kappa shape index (κ3) is 3.97. The molecule has 24 heavy (non-hydrogen) atoms. The van der Waals surface area contributed by atoms with Gasteiger partial charge in [0, 0.05) is 18.7 Å². The Labute approximate surface area is 144 Å². The maximum atomic E-state index is 12.2. The zero-order valence-corrected chi connectivity index (χ0v) is 13.9. The predicted octanol–water partition coefficient (Wildman–Crippen LogP) is 2.40. The minimum absolute atomic E-state index is 0.0275. The monoisotopic (exact) mass is 346 g/mol. The van der Waals surface area contributed by atoms with E-state index in [2.05, 4.69) is 5.32 Å². The highest BCUT2D eigenvalue weighted by Crippen LogP contribution is 2.29. The van der Waals surface area contributed by atoms with Crippen molar-refractivity contribution in [1.82, 2.24) is 10.2 Å². The van der Waals surface area contributed by atoms with Crippen molar-refractivity contribution in [3.8, 4) is 5.75 Å². The molecule has 0 aliphatic carbocycles. The summed E-state index contributed by atoms with van der Waals surface area (Å²) in [4.78, 5) is 37.2. The Hall–Kier alpha value is -2.28. The lowest BCUT2D eigenvalue weighted by Gasteiger charge is -2.26.